The Bertz CT molecular complexity index is 594. The van der Waals surface area contributed by atoms with E-state index in [0.29, 0.717) is 18.2 Å². The van der Waals surface area contributed by atoms with Gasteiger partial charge in [0.25, 0.3) is 0 Å². The summed E-state index contributed by atoms with van der Waals surface area (Å²) in [6, 6.07) is 9.73. The molecule has 0 atom stereocenters. The first kappa shape index (κ1) is 13.4. The Kier molecular flexibility index (Phi) is 4.02. The number of carbonyl (C=O) groups excluding carboxylic acids is 1. The molecule has 98 valence electrons. The van der Waals surface area contributed by atoms with Gasteiger partial charge >= 0.3 is 0 Å². The van der Waals surface area contributed by atoms with Crippen LogP contribution in [-0.2, 0) is 6.42 Å². The predicted octanol–water partition coefficient (Wildman–Crippen LogP) is 2.70. The number of rotatable bonds is 4. The summed E-state index contributed by atoms with van der Waals surface area (Å²) in [7, 11) is 0. The third-order valence-electron chi connectivity index (χ3n) is 2.82. The maximum absolute atomic E-state index is 13.5. The minimum absolute atomic E-state index is 0.132. The molecule has 0 amide bonds. The zero-order valence-corrected chi connectivity index (χ0v) is 10.2. The molecule has 2 nitrogen and oxygen atoms in total. The fourth-order valence-electron chi connectivity index (χ4n) is 1.82. The summed E-state index contributed by atoms with van der Waals surface area (Å²) in [4.78, 5) is 12.1. The first-order valence-electron chi connectivity index (χ1n) is 5.90. The van der Waals surface area contributed by atoms with Gasteiger partial charge in [-0.05, 0) is 30.7 Å². The van der Waals surface area contributed by atoms with Crippen molar-refractivity contribution in [3.63, 3.8) is 0 Å². The topological polar surface area (TPSA) is 43.1 Å². The highest BCUT2D eigenvalue weighted by Gasteiger charge is 2.14. The lowest BCUT2D eigenvalue weighted by Crippen LogP contribution is -2.06. The van der Waals surface area contributed by atoms with Gasteiger partial charge in [0.2, 0.25) is 0 Å². The molecule has 2 aromatic carbocycles. The molecule has 0 saturated carbocycles. The molecule has 0 spiro atoms. The average Bonchev–Trinajstić information content (AvgIpc) is 2.39. The van der Waals surface area contributed by atoms with Crippen LogP contribution in [0.15, 0.2) is 42.5 Å². The van der Waals surface area contributed by atoms with Crippen molar-refractivity contribution in [1.82, 2.24) is 0 Å². The van der Waals surface area contributed by atoms with Crippen LogP contribution in [-0.4, -0.2) is 12.3 Å². The van der Waals surface area contributed by atoms with E-state index >= 15 is 0 Å². The summed E-state index contributed by atoms with van der Waals surface area (Å²) in [5.41, 5.74) is 6.68. The van der Waals surface area contributed by atoms with E-state index < -0.39 is 17.4 Å². The molecule has 0 aromatic heterocycles. The number of carbonyl (C=O) groups is 1. The van der Waals surface area contributed by atoms with Crippen LogP contribution >= 0.6 is 0 Å². The van der Waals surface area contributed by atoms with Gasteiger partial charge in [0.1, 0.15) is 11.6 Å². The second-order valence-corrected chi connectivity index (χ2v) is 4.19. The molecule has 0 fully saturated rings. The van der Waals surface area contributed by atoms with E-state index in [2.05, 4.69) is 0 Å². The van der Waals surface area contributed by atoms with Crippen molar-refractivity contribution in [1.29, 1.82) is 0 Å². The standard InChI is InChI=1S/C15H13F2NO/c16-12-5-6-13(14(17)9-12)15(19)11-3-1-10(2-4-11)7-8-18/h1-6,9H,7-8,18H2. The lowest BCUT2D eigenvalue weighted by molar-refractivity contribution is 0.103. The van der Waals surface area contributed by atoms with Crippen LogP contribution in [0.2, 0.25) is 0 Å². The highest BCUT2D eigenvalue weighted by Crippen LogP contribution is 2.15. The van der Waals surface area contributed by atoms with Crippen LogP contribution in [0, 0.1) is 11.6 Å². The molecule has 4 heteroatoms. The van der Waals surface area contributed by atoms with E-state index in [9.17, 15) is 13.6 Å². The maximum Gasteiger partial charge on any atom is 0.195 e. The van der Waals surface area contributed by atoms with Crippen molar-refractivity contribution in [3.8, 4) is 0 Å². The number of nitrogens with two attached hydrogens (primary N) is 1. The Balaban J connectivity index is 2.28. The summed E-state index contributed by atoms with van der Waals surface area (Å²) in [5, 5.41) is 0. The number of benzene rings is 2. The summed E-state index contributed by atoms with van der Waals surface area (Å²) < 4.78 is 26.3. The van der Waals surface area contributed by atoms with Crippen molar-refractivity contribution in [3.05, 3.63) is 70.8 Å². The second kappa shape index (κ2) is 5.71. The zero-order valence-electron chi connectivity index (χ0n) is 10.2. The van der Waals surface area contributed by atoms with E-state index in [-0.39, 0.29) is 5.56 Å². The molecule has 0 heterocycles. The van der Waals surface area contributed by atoms with Gasteiger partial charge in [-0.15, -0.1) is 0 Å². The highest BCUT2D eigenvalue weighted by molar-refractivity contribution is 6.09. The summed E-state index contributed by atoms with van der Waals surface area (Å²) in [5.74, 6) is -2.01. The highest BCUT2D eigenvalue weighted by atomic mass is 19.1. The van der Waals surface area contributed by atoms with E-state index in [1.165, 1.54) is 0 Å². The minimum Gasteiger partial charge on any atom is -0.330 e. The quantitative estimate of drug-likeness (QED) is 0.860. The van der Waals surface area contributed by atoms with Crippen molar-refractivity contribution < 1.29 is 13.6 Å². The molecule has 0 bridgehead atoms. The molecule has 2 rings (SSSR count). The fourth-order valence-corrected chi connectivity index (χ4v) is 1.82. The molecule has 0 unspecified atom stereocenters. The van der Waals surface area contributed by atoms with Gasteiger partial charge in [-0.3, -0.25) is 4.79 Å². The SMILES string of the molecule is NCCc1ccc(C(=O)c2ccc(F)cc2F)cc1. The summed E-state index contributed by atoms with van der Waals surface area (Å²) >= 11 is 0. The van der Waals surface area contributed by atoms with E-state index in [4.69, 9.17) is 5.73 Å². The molecular weight excluding hydrogens is 248 g/mol. The van der Waals surface area contributed by atoms with Gasteiger partial charge in [0, 0.05) is 11.6 Å². The molecule has 0 aliphatic rings. The lowest BCUT2D eigenvalue weighted by atomic mass is 10.0. The Hall–Kier alpha value is -2.07. The van der Waals surface area contributed by atoms with Crippen LogP contribution in [0.1, 0.15) is 21.5 Å². The molecule has 0 aliphatic carbocycles. The van der Waals surface area contributed by atoms with E-state index in [1.807, 2.05) is 0 Å². The van der Waals surface area contributed by atoms with Crippen LogP contribution in [0.25, 0.3) is 0 Å². The predicted molar refractivity (Wildman–Crippen MR) is 69.0 cm³/mol. The summed E-state index contributed by atoms with van der Waals surface area (Å²) in [6.45, 7) is 0.528. The molecule has 19 heavy (non-hydrogen) atoms. The van der Waals surface area contributed by atoms with Crippen LogP contribution < -0.4 is 5.73 Å². The number of hydrogen-bond donors (Lipinski definition) is 1. The average molecular weight is 261 g/mol. The minimum atomic E-state index is -0.851. The van der Waals surface area contributed by atoms with Crippen LogP contribution in [0.5, 0.6) is 0 Å². The van der Waals surface area contributed by atoms with Gasteiger partial charge in [0.05, 0.1) is 5.56 Å². The monoisotopic (exact) mass is 261 g/mol. The Morgan fingerprint density at radius 1 is 1.05 bits per heavy atom. The maximum atomic E-state index is 13.5. The number of ketones is 1. The van der Waals surface area contributed by atoms with Gasteiger partial charge < -0.3 is 5.73 Å². The summed E-state index contributed by atoms with van der Waals surface area (Å²) in [6.07, 6.45) is 0.722. The first-order chi connectivity index (χ1) is 9.11. The molecule has 0 radical (unpaired) electrons. The number of hydrogen-bond acceptors (Lipinski definition) is 2. The number of halogens is 2. The lowest BCUT2D eigenvalue weighted by Gasteiger charge is -2.04. The second-order valence-electron chi connectivity index (χ2n) is 4.19. The molecule has 0 saturated heterocycles. The van der Waals surface area contributed by atoms with Crippen LogP contribution in [0.3, 0.4) is 0 Å². The third-order valence-corrected chi connectivity index (χ3v) is 2.82. The van der Waals surface area contributed by atoms with Gasteiger partial charge in [-0.25, -0.2) is 8.78 Å². The Labute approximate surface area is 109 Å². The third kappa shape index (κ3) is 3.03. The van der Waals surface area contributed by atoms with Gasteiger partial charge in [0.15, 0.2) is 5.78 Å². The molecule has 2 aromatic rings. The molecule has 2 N–H and O–H groups in total. The fraction of sp³-hybridized carbons (Fsp3) is 0.133. The van der Waals surface area contributed by atoms with Crippen molar-refractivity contribution in [2.45, 2.75) is 6.42 Å². The molecular formula is C15H13F2NO. The van der Waals surface area contributed by atoms with Crippen molar-refractivity contribution in [2.24, 2.45) is 5.73 Å². The first-order valence-corrected chi connectivity index (χ1v) is 5.90. The normalized spacial score (nSPS) is 10.5. The van der Waals surface area contributed by atoms with Gasteiger partial charge in [-0.1, -0.05) is 24.3 Å². The zero-order chi connectivity index (χ0) is 13.8. The van der Waals surface area contributed by atoms with Crippen molar-refractivity contribution in [2.75, 3.05) is 6.54 Å². The van der Waals surface area contributed by atoms with Gasteiger partial charge in [-0.2, -0.15) is 0 Å². The van der Waals surface area contributed by atoms with E-state index in [1.54, 1.807) is 24.3 Å². The smallest absolute Gasteiger partial charge is 0.195 e. The van der Waals surface area contributed by atoms with E-state index in [0.717, 1.165) is 24.1 Å². The van der Waals surface area contributed by atoms with Crippen molar-refractivity contribution >= 4 is 5.78 Å². The Morgan fingerprint density at radius 3 is 2.32 bits per heavy atom. The Morgan fingerprint density at radius 2 is 1.74 bits per heavy atom. The molecule has 0 aliphatic heterocycles. The van der Waals surface area contributed by atoms with Crippen LogP contribution in [0.4, 0.5) is 8.78 Å². The largest absolute Gasteiger partial charge is 0.330 e.